The zero-order valence-electron chi connectivity index (χ0n) is 17.3. The van der Waals surface area contributed by atoms with Gasteiger partial charge in [-0.15, -0.1) is 0 Å². The minimum atomic E-state index is 0.199. The van der Waals surface area contributed by atoms with Crippen molar-refractivity contribution in [2.75, 3.05) is 40.9 Å². The topological polar surface area (TPSA) is 33.7 Å². The second-order valence-electron chi connectivity index (χ2n) is 7.70. The van der Waals surface area contributed by atoms with E-state index in [9.17, 15) is 0 Å². The van der Waals surface area contributed by atoms with E-state index in [1.807, 2.05) is 0 Å². The van der Waals surface area contributed by atoms with E-state index >= 15 is 0 Å². The minimum Gasteiger partial charge on any atom is -0.493 e. The number of nitrogens with one attached hydrogen (secondary N) is 1. The monoisotopic (exact) mass is 368 g/mol. The fourth-order valence-corrected chi connectivity index (χ4v) is 3.83. The lowest BCUT2D eigenvalue weighted by Crippen LogP contribution is -2.31. The summed E-state index contributed by atoms with van der Waals surface area (Å²) in [6, 6.07) is 11.2. The molecular formula is C23H32N2O2. The van der Waals surface area contributed by atoms with Gasteiger partial charge in [-0.2, -0.15) is 0 Å². The maximum atomic E-state index is 6.10. The molecular weight excluding hydrogens is 336 g/mol. The highest BCUT2D eigenvalue weighted by atomic mass is 16.5. The fraction of sp³-hybridized carbons (Fsp3) is 0.478. The normalized spacial score (nSPS) is 16.3. The molecule has 1 unspecified atom stereocenters. The summed E-state index contributed by atoms with van der Waals surface area (Å²) < 4.78 is 11.7. The molecule has 1 heterocycles. The Labute approximate surface area is 163 Å². The van der Waals surface area contributed by atoms with Crippen molar-refractivity contribution in [3.8, 4) is 11.5 Å². The summed E-state index contributed by atoms with van der Waals surface area (Å²) in [5.41, 5.74) is 6.61. The van der Waals surface area contributed by atoms with E-state index in [2.05, 4.69) is 68.5 Å². The third-order valence-corrected chi connectivity index (χ3v) is 5.22. The Bertz CT molecular complexity index is 786. The minimum absolute atomic E-state index is 0.199. The Balaban J connectivity index is 1.90. The van der Waals surface area contributed by atoms with Crippen LogP contribution in [0.5, 0.6) is 11.5 Å². The molecule has 0 saturated carbocycles. The van der Waals surface area contributed by atoms with Crippen LogP contribution in [0.3, 0.4) is 0 Å². The molecule has 0 radical (unpaired) electrons. The van der Waals surface area contributed by atoms with Crippen molar-refractivity contribution >= 4 is 0 Å². The van der Waals surface area contributed by atoms with Crippen molar-refractivity contribution in [2.45, 2.75) is 32.7 Å². The van der Waals surface area contributed by atoms with Crippen molar-refractivity contribution in [2.24, 2.45) is 0 Å². The van der Waals surface area contributed by atoms with E-state index in [0.717, 1.165) is 37.4 Å². The van der Waals surface area contributed by atoms with Crippen LogP contribution in [0.1, 0.15) is 40.3 Å². The van der Waals surface area contributed by atoms with Gasteiger partial charge in [-0.3, -0.25) is 0 Å². The number of nitrogens with zero attached hydrogens (tertiary/aromatic N) is 1. The van der Waals surface area contributed by atoms with Gasteiger partial charge in [-0.05, 0) is 75.2 Å². The van der Waals surface area contributed by atoms with E-state index in [1.54, 1.807) is 7.11 Å². The first kappa shape index (κ1) is 19.7. The summed E-state index contributed by atoms with van der Waals surface area (Å²) in [6.45, 7) is 7.01. The Kier molecular flexibility index (Phi) is 6.40. The number of hydrogen-bond acceptors (Lipinski definition) is 4. The zero-order chi connectivity index (χ0) is 19.4. The van der Waals surface area contributed by atoms with Gasteiger partial charge in [0.1, 0.15) is 0 Å². The lowest BCUT2D eigenvalue weighted by molar-refractivity contribution is 0.267. The first-order valence-corrected chi connectivity index (χ1v) is 9.78. The standard InChI is InChI=1S/C23H32N2O2/c1-16-7-8-19(17(2)13-16)23-20-15-22(27-12-6-11-25(3)4)21(26-5)14-18(20)9-10-24-23/h7-8,13-15,23-24H,6,9-12H2,1-5H3. The predicted molar refractivity (Wildman–Crippen MR) is 111 cm³/mol. The summed E-state index contributed by atoms with van der Waals surface area (Å²) in [5, 5.41) is 3.70. The zero-order valence-corrected chi connectivity index (χ0v) is 17.3. The molecule has 2 aromatic carbocycles. The molecule has 0 bridgehead atoms. The van der Waals surface area contributed by atoms with Crippen LogP contribution in [0.2, 0.25) is 0 Å². The van der Waals surface area contributed by atoms with Crippen molar-refractivity contribution in [3.63, 3.8) is 0 Å². The average Bonchev–Trinajstić information content (AvgIpc) is 2.64. The van der Waals surface area contributed by atoms with Gasteiger partial charge in [0.05, 0.1) is 19.8 Å². The summed E-state index contributed by atoms with van der Waals surface area (Å²) in [7, 11) is 5.89. The summed E-state index contributed by atoms with van der Waals surface area (Å²) >= 11 is 0. The average molecular weight is 369 g/mol. The Hall–Kier alpha value is -2.04. The van der Waals surface area contributed by atoms with Crippen LogP contribution in [0.25, 0.3) is 0 Å². The third-order valence-electron chi connectivity index (χ3n) is 5.22. The smallest absolute Gasteiger partial charge is 0.161 e. The SMILES string of the molecule is COc1cc2c(cc1OCCCN(C)C)C(c1ccc(C)cc1C)NCC2. The number of hydrogen-bond donors (Lipinski definition) is 1. The van der Waals surface area contributed by atoms with Crippen LogP contribution in [0.15, 0.2) is 30.3 Å². The largest absolute Gasteiger partial charge is 0.493 e. The van der Waals surface area contributed by atoms with E-state index in [4.69, 9.17) is 9.47 Å². The molecule has 0 aromatic heterocycles. The van der Waals surface area contributed by atoms with Crippen molar-refractivity contribution in [1.82, 2.24) is 10.2 Å². The highest BCUT2D eigenvalue weighted by molar-refractivity contribution is 5.52. The molecule has 1 aliphatic heterocycles. The maximum Gasteiger partial charge on any atom is 0.161 e. The molecule has 0 saturated heterocycles. The van der Waals surface area contributed by atoms with E-state index < -0.39 is 0 Å². The first-order valence-electron chi connectivity index (χ1n) is 9.78. The molecule has 0 spiro atoms. The van der Waals surface area contributed by atoms with Crippen molar-refractivity contribution < 1.29 is 9.47 Å². The molecule has 2 aromatic rings. The van der Waals surface area contributed by atoms with E-state index in [0.29, 0.717) is 6.61 Å². The number of benzene rings is 2. The highest BCUT2D eigenvalue weighted by Gasteiger charge is 2.25. The molecule has 4 heteroatoms. The molecule has 0 amide bonds. The quantitative estimate of drug-likeness (QED) is 0.752. The lowest BCUT2D eigenvalue weighted by Gasteiger charge is -2.30. The second-order valence-corrected chi connectivity index (χ2v) is 7.70. The molecule has 0 aliphatic carbocycles. The van der Waals surface area contributed by atoms with Gasteiger partial charge in [0.2, 0.25) is 0 Å². The Morgan fingerprint density at radius 2 is 1.89 bits per heavy atom. The predicted octanol–water partition coefficient (Wildman–Crippen LogP) is 3.88. The fourth-order valence-electron chi connectivity index (χ4n) is 3.83. The molecule has 1 atom stereocenters. The summed E-state index contributed by atoms with van der Waals surface area (Å²) in [4.78, 5) is 2.17. The Morgan fingerprint density at radius 1 is 1.07 bits per heavy atom. The molecule has 1 N–H and O–H groups in total. The van der Waals surface area contributed by atoms with Gasteiger partial charge in [0, 0.05) is 13.1 Å². The number of ether oxygens (including phenoxy) is 2. The molecule has 146 valence electrons. The Morgan fingerprint density at radius 3 is 2.59 bits per heavy atom. The van der Waals surface area contributed by atoms with Gasteiger partial charge in [-0.1, -0.05) is 23.8 Å². The number of rotatable bonds is 7. The number of aryl methyl sites for hydroxylation is 2. The van der Waals surface area contributed by atoms with Crippen LogP contribution >= 0.6 is 0 Å². The van der Waals surface area contributed by atoms with Crippen molar-refractivity contribution in [3.05, 3.63) is 58.1 Å². The van der Waals surface area contributed by atoms with Gasteiger partial charge < -0.3 is 19.7 Å². The maximum absolute atomic E-state index is 6.10. The van der Waals surface area contributed by atoms with E-state index in [1.165, 1.54) is 27.8 Å². The van der Waals surface area contributed by atoms with Gasteiger partial charge in [0.15, 0.2) is 11.5 Å². The lowest BCUT2D eigenvalue weighted by atomic mass is 9.87. The second kappa shape index (κ2) is 8.77. The molecule has 0 fully saturated rings. The molecule has 3 rings (SSSR count). The van der Waals surface area contributed by atoms with Crippen LogP contribution in [0.4, 0.5) is 0 Å². The van der Waals surface area contributed by atoms with Crippen molar-refractivity contribution in [1.29, 1.82) is 0 Å². The molecule has 4 nitrogen and oxygen atoms in total. The highest BCUT2D eigenvalue weighted by Crippen LogP contribution is 2.38. The molecule has 1 aliphatic rings. The summed E-state index contributed by atoms with van der Waals surface area (Å²) in [6.07, 6.45) is 2.00. The van der Waals surface area contributed by atoms with Crippen LogP contribution < -0.4 is 14.8 Å². The van der Waals surface area contributed by atoms with E-state index in [-0.39, 0.29) is 6.04 Å². The summed E-state index contributed by atoms with van der Waals surface area (Å²) in [5.74, 6) is 1.67. The van der Waals surface area contributed by atoms with Crippen LogP contribution in [0, 0.1) is 13.8 Å². The van der Waals surface area contributed by atoms with Crippen LogP contribution in [-0.2, 0) is 6.42 Å². The van der Waals surface area contributed by atoms with Gasteiger partial charge >= 0.3 is 0 Å². The van der Waals surface area contributed by atoms with Gasteiger partial charge in [0.25, 0.3) is 0 Å². The van der Waals surface area contributed by atoms with Gasteiger partial charge in [-0.25, -0.2) is 0 Å². The van der Waals surface area contributed by atoms with Crippen LogP contribution in [-0.4, -0.2) is 45.8 Å². The number of fused-ring (bicyclic) bond motifs is 1. The first-order chi connectivity index (χ1) is 13.0. The molecule has 27 heavy (non-hydrogen) atoms. The number of methoxy groups -OCH3 is 1. The third kappa shape index (κ3) is 4.63.